The van der Waals surface area contributed by atoms with Gasteiger partial charge in [0.2, 0.25) is 5.91 Å². The molecular weight excluding hydrogens is 296 g/mol. The van der Waals surface area contributed by atoms with Gasteiger partial charge in [0.25, 0.3) is 0 Å². The van der Waals surface area contributed by atoms with Gasteiger partial charge in [-0.15, -0.1) is 11.3 Å². The third-order valence-electron chi connectivity index (χ3n) is 3.39. The Kier molecular flexibility index (Phi) is 5.98. The van der Waals surface area contributed by atoms with E-state index >= 15 is 0 Å². The van der Waals surface area contributed by atoms with Crippen molar-refractivity contribution in [3.8, 4) is 5.75 Å². The standard InChI is InChI=1S/C17H22N2O2S/c1-13(18)5-10-17(20)19(12-16-4-3-11-22-16)14-6-8-15(21-2)9-7-14/h3-4,6-9,11,13H,5,10,12,18H2,1-2H3. The molecule has 0 spiro atoms. The van der Waals surface area contributed by atoms with Crippen LogP contribution in [0.3, 0.4) is 0 Å². The molecule has 0 radical (unpaired) electrons. The fraction of sp³-hybridized carbons (Fsp3) is 0.353. The zero-order chi connectivity index (χ0) is 15.9. The van der Waals surface area contributed by atoms with Crippen molar-refractivity contribution >= 4 is 22.9 Å². The van der Waals surface area contributed by atoms with Crippen molar-refractivity contribution in [3.63, 3.8) is 0 Å². The highest BCUT2D eigenvalue weighted by Crippen LogP contribution is 2.23. The second-order valence-electron chi connectivity index (χ2n) is 5.27. The van der Waals surface area contributed by atoms with Crippen molar-refractivity contribution in [2.24, 2.45) is 5.73 Å². The van der Waals surface area contributed by atoms with E-state index in [2.05, 4.69) is 0 Å². The van der Waals surface area contributed by atoms with Crippen molar-refractivity contribution in [3.05, 3.63) is 46.7 Å². The molecule has 0 aliphatic rings. The van der Waals surface area contributed by atoms with Gasteiger partial charge in [-0.3, -0.25) is 4.79 Å². The van der Waals surface area contributed by atoms with Gasteiger partial charge in [0, 0.05) is 23.0 Å². The Morgan fingerprint density at radius 1 is 1.32 bits per heavy atom. The molecule has 118 valence electrons. The number of hydrogen-bond acceptors (Lipinski definition) is 4. The van der Waals surface area contributed by atoms with Gasteiger partial charge in [-0.1, -0.05) is 6.07 Å². The van der Waals surface area contributed by atoms with Crippen LogP contribution in [0.25, 0.3) is 0 Å². The summed E-state index contributed by atoms with van der Waals surface area (Å²) in [5, 5.41) is 2.02. The molecule has 1 heterocycles. The third-order valence-corrected chi connectivity index (χ3v) is 4.25. The maximum absolute atomic E-state index is 12.6. The first-order valence-electron chi connectivity index (χ1n) is 7.32. The van der Waals surface area contributed by atoms with Gasteiger partial charge < -0.3 is 15.4 Å². The minimum absolute atomic E-state index is 0.0309. The summed E-state index contributed by atoms with van der Waals surface area (Å²) in [6, 6.07) is 11.6. The number of nitrogens with zero attached hydrogens (tertiary/aromatic N) is 1. The Hall–Kier alpha value is -1.85. The van der Waals surface area contributed by atoms with E-state index in [9.17, 15) is 4.79 Å². The molecule has 0 aliphatic carbocycles. The lowest BCUT2D eigenvalue weighted by Crippen LogP contribution is -2.31. The number of benzene rings is 1. The average molecular weight is 318 g/mol. The van der Waals surface area contributed by atoms with Crippen molar-refractivity contribution in [2.45, 2.75) is 32.4 Å². The predicted octanol–water partition coefficient (Wildman–Crippen LogP) is 3.42. The molecular formula is C17H22N2O2S. The number of carbonyl (C=O) groups is 1. The van der Waals surface area contributed by atoms with E-state index in [4.69, 9.17) is 10.5 Å². The maximum atomic E-state index is 12.6. The highest BCUT2D eigenvalue weighted by molar-refractivity contribution is 7.09. The number of rotatable bonds is 7. The van der Waals surface area contributed by atoms with Crippen molar-refractivity contribution in [1.29, 1.82) is 0 Å². The van der Waals surface area contributed by atoms with Crippen molar-refractivity contribution in [1.82, 2.24) is 0 Å². The van der Waals surface area contributed by atoms with Crippen LogP contribution in [0.5, 0.6) is 5.75 Å². The molecule has 2 N–H and O–H groups in total. The van der Waals surface area contributed by atoms with Gasteiger partial charge in [-0.05, 0) is 49.1 Å². The minimum atomic E-state index is 0.0309. The molecule has 1 amide bonds. The van der Waals surface area contributed by atoms with Crippen LogP contribution in [0, 0.1) is 0 Å². The summed E-state index contributed by atoms with van der Waals surface area (Å²) in [6.07, 6.45) is 1.14. The van der Waals surface area contributed by atoms with E-state index in [0.29, 0.717) is 19.4 Å². The Labute approximate surface area is 135 Å². The maximum Gasteiger partial charge on any atom is 0.227 e. The number of carbonyl (C=O) groups excluding carboxylic acids is 1. The van der Waals surface area contributed by atoms with Crippen LogP contribution in [-0.4, -0.2) is 19.1 Å². The first kappa shape index (κ1) is 16.5. The van der Waals surface area contributed by atoms with Gasteiger partial charge in [0.1, 0.15) is 5.75 Å². The average Bonchev–Trinajstić information content (AvgIpc) is 3.03. The SMILES string of the molecule is COc1ccc(N(Cc2cccs2)C(=O)CCC(C)N)cc1. The van der Waals surface area contributed by atoms with Gasteiger partial charge >= 0.3 is 0 Å². The first-order chi connectivity index (χ1) is 10.6. The molecule has 1 unspecified atom stereocenters. The minimum Gasteiger partial charge on any atom is -0.497 e. The number of nitrogens with two attached hydrogens (primary N) is 1. The van der Waals surface area contributed by atoms with E-state index < -0.39 is 0 Å². The molecule has 0 saturated carbocycles. The lowest BCUT2D eigenvalue weighted by atomic mass is 10.1. The van der Waals surface area contributed by atoms with Gasteiger partial charge in [-0.25, -0.2) is 0 Å². The summed E-state index contributed by atoms with van der Waals surface area (Å²) in [6.45, 7) is 2.51. The Morgan fingerprint density at radius 2 is 2.05 bits per heavy atom. The van der Waals surface area contributed by atoms with Crippen LogP contribution in [0.4, 0.5) is 5.69 Å². The second kappa shape index (κ2) is 7.96. The summed E-state index contributed by atoms with van der Waals surface area (Å²) >= 11 is 1.65. The van der Waals surface area contributed by atoms with Crippen LogP contribution in [0.2, 0.25) is 0 Å². The summed E-state index contributed by atoms with van der Waals surface area (Å²) in [5.41, 5.74) is 6.65. The Bertz CT molecular complexity index is 579. The second-order valence-corrected chi connectivity index (χ2v) is 6.31. The van der Waals surface area contributed by atoms with E-state index in [1.165, 1.54) is 0 Å². The third kappa shape index (κ3) is 4.58. The summed E-state index contributed by atoms with van der Waals surface area (Å²) in [5.74, 6) is 0.874. The molecule has 2 rings (SSSR count). The molecule has 1 atom stereocenters. The lowest BCUT2D eigenvalue weighted by molar-refractivity contribution is -0.118. The van der Waals surface area contributed by atoms with E-state index in [0.717, 1.165) is 16.3 Å². The fourth-order valence-electron chi connectivity index (χ4n) is 2.13. The number of ether oxygens (including phenoxy) is 1. The molecule has 0 bridgehead atoms. The van der Waals surface area contributed by atoms with E-state index in [1.807, 2.05) is 53.6 Å². The van der Waals surface area contributed by atoms with Gasteiger partial charge in [0.15, 0.2) is 0 Å². The molecule has 0 aliphatic heterocycles. The fourth-order valence-corrected chi connectivity index (χ4v) is 2.82. The monoisotopic (exact) mass is 318 g/mol. The quantitative estimate of drug-likeness (QED) is 0.851. The van der Waals surface area contributed by atoms with E-state index in [-0.39, 0.29) is 11.9 Å². The number of methoxy groups -OCH3 is 1. The Morgan fingerprint density at radius 3 is 2.59 bits per heavy atom. The van der Waals surface area contributed by atoms with Crippen molar-refractivity contribution < 1.29 is 9.53 Å². The zero-order valence-electron chi connectivity index (χ0n) is 13.0. The smallest absolute Gasteiger partial charge is 0.227 e. The largest absolute Gasteiger partial charge is 0.497 e. The van der Waals surface area contributed by atoms with Crippen LogP contribution in [0.1, 0.15) is 24.6 Å². The normalized spacial score (nSPS) is 12.0. The van der Waals surface area contributed by atoms with Gasteiger partial charge in [0.05, 0.1) is 13.7 Å². The molecule has 0 saturated heterocycles. The molecule has 0 fully saturated rings. The highest BCUT2D eigenvalue weighted by atomic mass is 32.1. The number of anilines is 1. The lowest BCUT2D eigenvalue weighted by Gasteiger charge is -2.23. The summed E-state index contributed by atoms with van der Waals surface area (Å²) < 4.78 is 5.18. The molecule has 22 heavy (non-hydrogen) atoms. The van der Waals surface area contributed by atoms with Crippen molar-refractivity contribution in [2.75, 3.05) is 12.0 Å². The summed E-state index contributed by atoms with van der Waals surface area (Å²) in [7, 11) is 1.63. The van der Waals surface area contributed by atoms with Gasteiger partial charge in [-0.2, -0.15) is 0 Å². The number of hydrogen-bond donors (Lipinski definition) is 1. The molecule has 2 aromatic rings. The molecule has 1 aromatic heterocycles. The molecule has 5 heteroatoms. The highest BCUT2D eigenvalue weighted by Gasteiger charge is 2.17. The molecule has 4 nitrogen and oxygen atoms in total. The zero-order valence-corrected chi connectivity index (χ0v) is 13.8. The van der Waals surface area contributed by atoms with Crippen LogP contribution in [0.15, 0.2) is 41.8 Å². The number of thiophene rings is 1. The first-order valence-corrected chi connectivity index (χ1v) is 8.20. The predicted molar refractivity (Wildman–Crippen MR) is 91.4 cm³/mol. The van der Waals surface area contributed by atoms with Crippen LogP contribution < -0.4 is 15.4 Å². The van der Waals surface area contributed by atoms with Crippen LogP contribution in [-0.2, 0) is 11.3 Å². The summed E-state index contributed by atoms with van der Waals surface area (Å²) in [4.78, 5) is 15.5. The van der Waals surface area contributed by atoms with E-state index in [1.54, 1.807) is 18.4 Å². The Balaban J connectivity index is 2.17. The topological polar surface area (TPSA) is 55.6 Å². The molecule has 1 aromatic carbocycles. The number of amides is 1. The van der Waals surface area contributed by atoms with Crippen LogP contribution >= 0.6 is 11.3 Å².